The van der Waals surface area contributed by atoms with E-state index in [0.29, 0.717) is 0 Å². The molecule has 1 fully saturated rings. The molecule has 0 amide bonds. The summed E-state index contributed by atoms with van der Waals surface area (Å²) in [6.45, 7) is 0.578. The highest BCUT2D eigenvalue weighted by molar-refractivity contribution is 5.58. The van der Waals surface area contributed by atoms with E-state index >= 15 is 0 Å². The van der Waals surface area contributed by atoms with Crippen LogP contribution in [0, 0.1) is 11.3 Å². The molecule has 1 aliphatic rings. The van der Waals surface area contributed by atoms with E-state index in [1.165, 1.54) is 21.9 Å². The van der Waals surface area contributed by atoms with Crippen LogP contribution in [0.4, 0.5) is 32.0 Å². The van der Waals surface area contributed by atoms with Crippen LogP contribution in [-0.2, 0) is 6.18 Å². The van der Waals surface area contributed by atoms with Gasteiger partial charge in [-0.15, -0.1) is 0 Å². The van der Waals surface area contributed by atoms with Crippen molar-refractivity contribution in [2.24, 2.45) is 0 Å². The van der Waals surface area contributed by atoms with E-state index < -0.39 is 30.5 Å². The molecule has 9 heteroatoms. The normalized spacial score (nSPS) is 20.1. The van der Waals surface area contributed by atoms with Crippen LogP contribution in [0.2, 0.25) is 0 Å². The van der Waals surface area contributed by atoms with Crippen molar-refractivity contribution in [1.82, 2.24) is 4.90 Å². The molecule has 0 N–H and O–H groups in total. The first-order valence-electron chi connectivity index (χ1n) is 7.18. The fraction of sp³-hybridized carbons (Fsp3) is 0.533. The third-order valence-electron chi connectivity index (χ3n) is 3.92. The lowest BCUT2D eigenvalue weighted by atomic mass is 10.1. The number of alkyl halides is 6. The molecule has 3 nitrogen and oxygen atoms in total. The summed E-state index contributed by atoms with van der Waals surface area (Å²) in [4.78, 5) is 2.62. The highest BCUT2D eigenvalue weighted by atomic mass is 19.4. The molecule has 0 saturated carbocycles. The van der Waals surface area contributed by atoms with Gasteiger partial charge in [-0.2, -0.15) is 31.6 Å². The Morgan fingerprint density at radius 1 is 1.17 bits per heavy atom. The molecule has 1 aliphatic heterocycles. The molecule has 0 aliphatic carbocycles. The van der Waals surface area contributed by atoms with Crippen molar-refractivity contribution >= 4 is 5.69 Å². The number of rotatable bonds is 2. The third kappa shape index (κ3) is 4.32. The molecule has 0 radical (unpaired) electrons. The van der Waals surface area contributed by atoms with Crippen LogP contribution >= 0.6 is 0 Å². The van der Waals surface area contributed by atoms with Gasteiger partial charge in [-0.05, 0) is 25.1 Å². The molecule has 0 aromatic heterocycles. The molecule has 132 valence electrons. The molecular formula is C15H15F6N3. The average Bonchev–Trinajstić information content (AvgIpc) is 2.46. The zero-order chi connectivity index (χ0) is 18.1. The van der Waals surface area contributed by atoms with Crippen LogP contribution in [0.5, 0.6) is 0 Å². The van der Waals surface area contributed by atoms with Gasteiger partial charge >= 0.3 is 12.4 Å². The Labute approximate surface area is 135 Å². The molecule has 0 spiro atoms. The van der Waals surface area contributed by atoms with E-state index in [1.54, 1.807) is 13.0 Å². The van der Waals surface area contributed by atoms with Gasteiger partial charge in [-0.1, -0.05) is 0 Å². The van der Waals surface area contributed by atoms with Crippen molar-refractivity contribution in [3.63, 3.8) is 0 Å². The summed E-state index contributed by atoms with van der Waals surface area (Å²) in [6.07, 6.45) is -8.99. The molecule has 0 bridgehead atoms. The van der Waals surface area contributed by atoms with Gasteiger partial charge in [0.05, 0.1) is 23.7 Å². The van der Waals surface area contributed by atoms with Crippen LogP contribution in [0.15, 0.2) is 18.2 Å². The quantitative estimate of drug-likeness (QED) is 0.762. The molecule has 1 heterocycles. The fourth-order valence-corrected chi connectivity index (χ4v) is 2.79. The Morgan fingerprint density at radius 3 is 2.33 bits per heavy atom. The summed E-state index contributed by atoms with van der Waals surface area (Å²) in [7, 11) is 0. The summed E-state index contributed by atoms with van der Waals surface area (Å²) in [5.74, 6) is 0. The van der Waals surface area contributed by atoms with Gasteiger partial charge in [0.15, 0.2) is 0 Å². The molecule has 1 unspecified atom stereocenters. The van der Waals surface area contributed by atoms with Crippen molar-refractivity contribution < 1.29 is 26.3 Å². The zero-order valence-corrected chi connectivity index (χ0v) is 12.7. The number of benzene rings is 1. The Balaban J connectivity index is 2.24. The molecular weight excluding hydrogens is 336 g/mol. The van der Waals surface area contributed by atoms with Gasteiger partial charge in [0, 0.05) is 31.4 Å². The lowest BCUT2D eigenvalue weighted by Crippen LogP contribution is -2.54. The summed E-state index contributed by atoms with van der Waals surface area (Å²) in [5.41, 5.74) is -1.17. The second-order valence-electron chi connectivity index (χ2n) is 5.72. The maximum Gasteiger partial charge on any atom is 0.418 e. The highest BCUT2D eigenvalue weighted by Gasteiger charge is 2.38. The Hall–Kier alpha value is -1.95. The molecule has 1 aromatic rings. The molecule has 24 heavy (non-hydrogen) atoms. The van der Waals surface area contributed by atoms with E-state index in [9.17, 15) is 26.3 Å². The minimum absolute atomic E-state index is 0.0119. The van der Waals surface area contributed by atoms with E-state index in [-0.39, 0.29) is 30.9 Å². The van der Waals surface area contributed by atoms with Gasteiger partial charge in [0.2, 0.25) is 0 Å². The second-order valence-corrected chi connectivity index (χ2v) is 5.72. The predicted octanol–water partition coefficient (Wildman–Crippen LogP) is 3.65. The fourth-order valence-electron chi connectivity index (χ4n) is 2.79. The Kier molecular flexibility index (Phi) is 4.99. The number of hydrogen-bond acceptors (Lipinski definition) is 3. The topological polar surface area (TPSA) is 30.3 Å². The lowest BCUT2D eigenvalue weighted by molar-refractivity contribution is -0.150. The van der Waals surface area contributed by atoms with Crippen LogP contribution in [0.1, 0.15) is 18.1 Å². The second kappa shape index (κ2) is 6.51. The number of nitriles is 1. The van der Waals surface area contributed by atoms with E-state index in [2.05, 4.69) is 0 Å². The van der Waals surface area contributed by atoms with E-state index in [1.807, 2.05) is 0 Å². The molecule has 2 rings (SSSR count). The van der Waals surface area contributed by atoms with Crippen LogP contribution in [0.3, 0.4) is 0 Å². The van der Waals surface area contributed by atoms with Crippen LogP contribution < -0.4 is 4.90 Å². The van der Waals surface area contributed by atoms with Gasteiger partial charge in [-0.3, -0.25) is 4.90 Å². The summed E-state index contributed by atoms with van der Waals surface area (Å²) >= 11 is 0. The summed E-state index contributed by atoms with van der Waals surface area (Å²) in [6, 6.07) is 4.36. The molecule has 1 aromatic carbocycles. The first-order chi connectivity index (χ1) is 11.0. The monoisotopic (exact) mass is 351 g/mol. The van der Waals surface area contributed by atoms with E-state index in [0.717, 1.165) is 6.07 Å². The van der Waals surface area contributed by atoms with Gasteiger partial charge in [0.25, 0.3) is 0 Å². The molecule has 1 atom stereocenters. The maximum absolute atomic E-state index is 13.2. The minimum Gasteiger partial charge on any atom is -0.368 e. The Bertz CT molecular complexity index is 632. The van der Waals surface area contributed by atoms with Crippen molar-refractivity contribution in [3.05, 3.63) is 29.3 Å². The zero-order valence-electron chi connectivity index (χ0n) is 12.7. The highest BCUT2D eigenvalue weighted by Crippen LogP contribution is 2.38. The van der Waals surface area contributed by atoms with E-state index in [4.69, 9.17) is 5.26 Å². The summed E-state index contributed by atoms with van der Waals surface area (Å²) in [5, 5.41) is 8.77. The standard InChI is InChI=1S/C15H15F6N3/c1-10-8-23(4-5-24(10)9-14(16,17)18)13-3-2-11(7-22)6-12(13)15(19,20)21/h2-3,6,10H,4-5,8-9H2,1H3. The first-order valence-corrected chi connectivity index (χ1v) is 7.18. The predicted molar refractivity (Wildman–Crippen MR) is 75.5 cm³/mol. The van der Waals surface area contributed by atoms with Gasteiger partial charge in [-0.25, -0.2) is 0 Å². The lowest BCUT2D eigenvalue weighted by Gasteiger charge is -2.41. The molecule has 1 saturated heterocycles. The number of nitrogens with zero attached hydrogens (tertiary/aromatic N) is 3. The van der Waals surface area contributed by atoms with Gasteiger partial charge in [0.1, 0.15) is 0 Å². The number of hydrogen-bond donors (Lipinski definition) is 0. The largest absolute Gasteiger partial charge is 0.418 e. The summed E-state index contributed by atoms with van der Waals surface area (Å²) < 4.78 is 77.2. The number of piperazine rings is 1. The maximum atomic E-state index is 13.2. The van der Waals surface area contributed by atoms with Crippen molar-refractivity contribution in [2.45, 2.75) is 25.3 Å². The van der Waals surface area contributed by atoms with Crippen LogP contribution in [0.25, 0.3) is 0 Å². The first kappa shape index (κ1) is 18.4. The van der Waals surface area contributed by atoms with Gasteiger partial charge < -0.3 is 4.90 Å². The SMILES string of the molecule is CC1CN(c2ccc(C#N)cc2C(F)(F)F)CCN1CC(F)(F)F. The Morgan fingerprint density at radius 2 is 1.83 bits per heavy atom. The van der Waals surface area contributed by atoms with Crippen molar-refractivity contribution in [3.8, 4) is 6.07 Å². The van der Waals surface area contributed by atoms with Crippen molar-refractivity contribution in [2.75, 3.05) is 31.1 Å². The third-order valence-corrected chi connectivity index (χ3v) is 3.92. The smallest absolute Gasteiger partial charge is 0.368 e. The average molecular weight is 351 g/mol. The minimum atomic E-state index is -4.64. The van der Waals surface area contributed by atoms with Crippen molar-refractivity contribution in [1.29, 1.82) is 5.26 Å². The number of halogens is 6. The van der Waals surface area contributed by atoms with Crippen LogP contribution in [-0.4, -0.2) is 43.3 Å². The number of anilines is 1.